The maximum atomic E-state index is 13.2. The largest absolute Gasteiger partial charge is 0.296 e. The number of rotatable bonds is 6. The number of aromatic nitrogens is 2. The molecule has 1 amide bonds. The summed E-state index contributed by atoms with van der Waals surface area (Å²) in [5.74, 6) is -0.424. The van der Waals surface area contributed by atoms with Crippen molar-refractivity contribution >= 4 is 48.1 Å². The molecule has 0 saturated carbocycles. The van der Waals surface area contributed by atoms with E-state index >= 15 is 0 Å². The predicted molar refractivity (Wildman–Crippen MR) is 120 cm³/mol. The van der Waals surface area contributed by atoms with Crippen molar-refractivity contribution in [3.05, 3.63) is 59.7 Å². The van der Waals surface area contributed by atoms with Gasteiger partial charge in [0, 0.05) is 26.2 Å². The zero-order valence-electron chi connectivity index (χ0n) is 17.1. The number of anilines is 2. The highest BCUT2D eigenvalue weighted by Gasteiger charge is 2.34. The summed E-state index contributed by atoms with van der Waals surface area (Å²) < 4.78 is 53.1. The van der Waals surface area contributed by atoms with Crippen LogP contribution in [0.1, 0.15) is 15.9 Å². The van der Waals surface area contributed by atoms with E-state index in [4.69, 9.17) is 0 Å². The molecule has 0 unspecified atom stereocenters. The first-order chi connectivity index (χ1) is 15.1. The Labute approximate surface area is 189 Å². The predicted octanol–water partition coefficient (Wildman–Crippen LogP) is 1.79. The molecule has 0 atom stereocenters. The maximum absolute atomic E-state index is 13.2. The minimum atomic E-state index is -4.03. The molecule has 0 radical (unpaired) electrons. The summed E-state index contributed by atoms with van der Waals surface area (Å²) in [5.41, 5.74) is 1.41. The Morgan fingerprint density at radius 3 is 2.47 bits per heavy atom. The molecule has 13 heteroatoms. The molecule has 1 aliphatic heterocycles. The molecule has 32 heavy (non-hydrogen) atoms. The molecule has 1 aliphatic rings. The van der Waals surface area contributed by atoms with Gasteiger partial charge < -0.3 is 0 Å². The Morgan fingerprint density at radius 1 is 1.06 bits per heavy atom. The Morgan fingerprint density at radius 2 is 1.78 bits per heavy atom. The molecule has 1 aromatic heterocycles. The standard InChI is InChI=1S/C19H19N5O5S3/c1-23(2)31(26,27)15-8-9-16-14(12-15)10-11-24(16)32(28,29)19-22-21-18(30-19)20-17(25)13-6-4-3-5-7-13/h3-9,12H,10-11H2,1-2H3,(H,20,21,25). The van der Waals surface area contributed by atoms with Crippen LogP contribution in [0.2, 0.25) is 0 Å². The highest BCUT2D eigenvalue weighted by molar-refractivity contribution is 7.94. The number of amides is 1. The van der Waals surface area contributed by atoms with Crippen molar-refractivity contribution in [2.24, 2.45) is 0 Å². The van der Waals surface area contributed by atoms with Crippen LogP contribution < -0.4 is 9.62 Å². The fraction of sp³-hybridized carbons (Fsp3) is 0.211. The first-order valence-electron chi connectivity index (χ1n) is 9.39. The summed E-state index contributed by atoms with van der Waals surface area (Å²) in [5, 5.41) is 10.1. The Kier molecular flexibility index (Phi) is 5.75. The zero-order chi connectivity index (χ0) is 23.1. The molecule has 2 heterocycles. The van der Waals surface area contributed by atoms with E-state index in [-0.39, 0.29) is 20.9 Å². The zero-order valence-corrected chi connectivity index (χ0v) is 19.5. The lowest BCUT2D eigenvalue weighted by Crippen LogP contribution is -2.29. The fourth-order valence-electron chi connectivity index (χ4n) is 3.19. The minimum absolute atomic E-state index is 0.0595. The first-order valence-corrected chi connectivity index (χ1v) is 13.1. The molecule has 1 N–H and O–H groups in total. The molecular formula is C19H19N5O5S3. The minimum Gasteiger partial charge on any atom is -0.296 e. The molecule has 2 aromatic carbocycles. The molecule has 0 bridgehead atoms. The van der Waals surface area contributed by atoms with E-state index in [1.165, 1.54) is 36.6 Å². The van der Waals surface area contributed by atoms with E-state index in [1.54, 1.807) is 30.3 Å². The van der Waals surface area contributed by atoms with Gasteiger partial charge in [-0.2, -0.15) is 8.42 Å². The molecule has 0 fully saturated rings. The van der Waals surface area contributed by atoms with Crippen LogP contribution >= 0.6 is 11.3 Å². The van der Waals surface area contributed by atoms with E-state index in [0.29, 0.717) is 23.2 Å². The molecule has 168 valence electrons. The average molecular weight is 494 g/mol. The molecule has 0 aliphatic carbocycles. The van der Waals surface area contributed by atoms with Crippen molar-refractivity contribution in [1.82, 2.24) is 14.5 Å². The fourth-order valence-corrected chi connectivity index (χ4v) is 6.64. The number of carbonyl (C=O) groups is 1. The number of fused-ring (bicyclic) bond motifs is 1. The summed E-state index contributed by atoms with van der Waals surface area (Å²) in [6, 6.07) is 12.8. The number of hydrogen-bond donors (Lipinski definition) is 1. The van der Waals surface area contributed by atoms with Crippen LogP contribution in [-0.4, -0.2) is 57.9 Å². The normalized spacial score (nSPS) is 13.9. The van der Waals surface area contributed by atoms with Gasteiger partial charge in [0.15, 0.2) is 0 Å². The van der Waals surface area contributed by atoms with Crippen molar-refractivity contribution in [2.75, 3.05) is 30.3 Å². The summed E-state index contributed by atoms with van der Waals surface area (Å²) in [6.45, 7) is 0.147. The van der Waals surface area contributed by atoms with Crippen molar-refractivity contribution in [3.8, 4) is 0 Å². The van der Waals surface area contributed by atoms with Gasteiger partial charge in [-0.25, -0.2) is 12.7 Å². The molecular weight excluding hydrogens is 474 g/mol. The lowest BCUT2D eigenvalue weighted by atomic mass is 10.2. The van der Waals surface area contributed by atoms with Gasteiger partial charge in [-0.15, -0.1) is 10.2 Å². The van der Waals surface area contributed by atoms with Gasteiger partial charge in [0.05, 0.1) is 10.6 Å². The van der Waals surface area contributed by atoms with Crippen molar-refractivity contribution < 1.29 is 21.6 Å². The van der Waals surface area contributed by atoms with Crippen LogP contribution in [0.3, 0.4) is 0 Å². The SMILES string of the molecule is CN(C)S(=O)(=O)c1ccc2c(c1)CCN2S(=O)(=O)c1nnc(NC(=O)c2ccccc2)s1. The van der Waals surface area contributed by atoms with Crippen molar-refractivity contribution in [1.29, 1.82) is 0 Å². The van der Waals surface area contributed by atoms with E-state index in [2.05, 4.69) is 15.5 Å². The second-order valence-corrected chi connectivity index (χ2v) is 12.3. The summed E-state index contributed by atoms with van der Waals surface area (Å²) >= 11 is 0.749. The third-order valence-corrected chi connectivity index (χ3v) is 9.66. The van der Waals surface area contributed by atoms with E-state index in [9.17, 15) is 21.6 Å². The second kappa shape index (κ2) is 8.24. The molecule has 10 nitrogen and oxygen atoms in total. The van der Waals surface area contributed by atoms with Crippen LogP contribution in [-0.2, 0) is 26.5 Å². The van der Waals surface area contributed by atoms with Gasteiger partial charge in [-0.05, 0) is 42.3 Å². The second-order valence-electron chi connectivity index (χ2n) is 7.10. The molecule has 0 saturated heterocycles. The summed E-state index contributed by atoms with van der Waals surface area (Å²) in [6.07, 6.45) is 0.363. The topological polar surface area (TPSA) is 130 Å². The third kappa shape index (κ3) is 3.99. The summed E-state index contributed by atoms with van der Waals surface area (Å²) in [4.78, 5) is 12.4. The highest BCUT2D eigenvalue weighted by Crippen LogP contribution is 2.36. The number of sulfonamides is 2. The Balaban J connectivity index is 1.58. The van der Waals surface area contributed by atoms with E-state index < -0.39 is 26.0 Å². The number of hydrogen-bond acceptors (Lipinski definition) is 8. The average Bonchev–Trinajstić information content (AvgIpc) is 3.41. The molecule has 0 spiro atoms. The summed E-state index contributed by atoms with van der Waals surface area (Å²) in [7, 11) is -4.79. The van der Waals surface area contributed by atoms with Gasteiger partial charge in [0.2, 0.25) is 15.2 Å². The maximum Gasteiger partial charge on any atom is 0.293 e. The van der Waals surface area contributed by atoms with Crippen LogP contribution in [0, 0.1) is 0 Å². The molecule has 4 rings (SSSR count). The van der Waals surface area contributed by atoms with E-state index in [0.717, 1.165) is 15.6 Å². The molecule has 3 aromatic rings. The van der Waals surface area contributed by atoms with Crippen LogP contribution in [0.25, 0.3) is 0 Å². The number of benzene rings is 2. The van der Waals surface area contributed by atoms with Crippen LogP contribution in [0.4, 0.5) is 10.8 Å². The van der Waals surface area contributed by atoms with Gasteiger partial charge >= 0.3 is 0 Å². The Bertz CT molecular complexity index is 1390. The monoisotopic (exact) mass is 493 g/mol. The van der Waals surface area contributed by atoms with Gasteiger partial charge in [-0.1, -0.05) is 29.5 Å². The number of nitrogens with zero attached hydrogens (tertiary/aromatic N) is 4. The lowest BCUT2D eigenvalue weighted by Gasteiger charge is -2.18. The quantitative estimate of drug-likeness (QED) is 0.518. The van der Waals surface area contributed by atoms with Crippen molar-refractivity contribution in [3.63, 3.8) is 0 Å². The van der Waals surface area contributed by atoms with Crippen LogP contribution in [0.5, 0.6) is 0 Å². The smallest absolute Gasteiger partial charge is 0.293 e. The first kappa shape index (κ1) is 22.3. The van der Waals surface area contributed by atoms with Crippen molar-refractivity contribution in [2.45, 2.75) is 15.7 Å². The Hall–Kier alpha value is -2.87. The van der Waals surface area contributed by atoms with Gasteiger partial charge in [0.25, 0.3) is 20.3 Å². The lowest BCUT2D eigenvalue weighted by molar-refractivity contribution is 0.102. The third-order valence-electron chi connectivity index (χ3n) is 4.86. The highest BCUT2D eigenvalue weighted by atomic mass is 32.2. The number of carbonyl (C=O) groups excluding carboxylic acids is 1. The number of nitrogens with one attached hydrogen (secondary N) is 1. The van der Waals surface area contributed by atoms with Crippen LogP contribution in [0.15, 0.2) is 57.8 Å². The van der Waals surface area contributed by atoms with Gasteiger partial charge in [-0.3, -0.25) is 14.4 Å². The van der Waals surface area contributed by atoms with Gasteiger partial charge in [0.1, 0.15) is 0 Å². The van der Waals surface area contributed by atoms with E-state index in [1.807, 2.05) is 0 Å².